The van der Waals surface area contributed by atoms with Gasteiger partial charge in [-0.25, -0.2) is 0 Å². The summed E-state index contributed by atoms with van der Waals surface area (Å²) in [5.74, 6) is -0.404. The van der Waals surface area contributed by atoms with Crippen molar-refractivity contribution in [2.24, 2.45) is 0 Å². The van der Waals surface area contributed by atoms with E-state index in [2.05, 4.69) is 6.92 Å². The molecule has 0 aliphatic carbocycles. The lowest BCUT2D eigenvalue weighted by Gasteiger charge is -2.25. The number of rotatable bonds is 15. The van der Waals surface area contributed by atoms with Crippen molar-refractivity contribution in [3.63, 3.8) is 0 Å². The Morgan fingerprint density at radius 3 is 2.00 bits per heavy atom. The summed E-state index contributed by atoms with van der Waals surface area (Å²) >= 11 is 0. The van der Waals surface area contributed by atoms with Gasteiger partial charge in [-0.05, 0) is 18.9 Å². The number of ether oxygens (including phenoxy) is 2. The van der Waals surface area contributed by atoms with Crippen LogP contribution in [0.25, 0.3) is 5.57 Å². The molecule has 1 aromatic rings. The summed E-state index contributed by atoms with van der Waals surface area (Å²) in [6.07, 6.45) is 6.66. The van der Waals surface area contributed by atoms with Crippen molar-refractivity contribution in [1.82, 2.24) is 9.80 Å². The predicted molar refractivity (Wildman–Crippen MR) is 124 cm³/mol. The number of hydrogen-bond acceptors (Lipinski definition) is 5. The second kappa shape index (κ2) is 13.3. The fourth-order valence-electron chi connectivity index (χ4n) is 3.83. The molecule has 0 unspecified atom stereocenters. The van der Waals surface area contributed by atoms with Gasteiger partial charge in [0.2, 0.25) is 0 Å². The number of methoxy groups -OCH3 is 2. The normalized spacial score (nSPS) is 14.1. The topological polar surface area (TPSA) is 59.1 Å². The monoisotopic (exact) mass is 430 g/mol. The predicted octanol–water partition coefficient (Wildman–Crippen LogP) is 4.03. The van der Waals surface area contributed by atoms with E-state index in [1.54, 1.807) is 14.2 Å². The summed E-state index contributed by atoms with van der Waals surface area (Å²) in [4.78, 5) is 30.2. The molecule has 0 spiro atoms. The third-order valence-corrected chi connectivity index (χ3v) is 5.67. The fourth-order valence-corrected chi connectivity index (χ4v) is 3.83. The lowest BCUT2D eigenvalue weighted by atomic mass is 10.0. The van der Waals surface area contributed by atoms with Crippen molar-refractivity contribution in [2.45, 2.75) is 52.4 Å². The van der Waals surface area contributed by atoms with E-state index in [0.29, 0.717) is 44.1 Å². The molecule has 1 heterocycles. The summed E-state index contributed by atoms with van der Waals surface area (Å²) in [5.41, 5.74) is 2.85. The molecule has 0 saturated heterocycles. The zero-order valence-electron chi connectivity index (χ0n) is 19.6. The van der Waals surface area contributed by atoms with E-state index in [1.165, 1.54) is 24.2 Å². The van der Waals surface area contributed by atoms with Gasteiger partial charge in [-0.1, -0.05) is 68.9 Å². The lowest BCUT2D eigenvalue weighted by Crippen LogP contribution is -2.38. The first-order valence-corrected chi connectivity index (χ1v) is 11.5. The van der Waals surface area contributed by atoms with Gasteiger partial charge in [0.1, 0.15) is 5.70 Å². The van der Waals surface area contributed by atoms with Crippen LogP contribution < -0.4 is 0 Å². The number of hydrogen-bond donors (Lipinski definition) is 0. The van der Waals surface area contributed by atoms with Crippen molar-refractivity contribution < 1.29 is 19.1 Å². The zero-order chi connectivity index (χ0) is 22.6. The van der Waals surface area contributed by atoms with Crippen molar-refractivity contribution in [3.05, 3.63) is 41.1 Å². The molecule has 0 N–H and O–H groups in total. The Labute approximate surface area is 187 Å². The standard InChI is InChI=1S/C25H38N2O4/c1-5-6-7-8-9-10-15-27-24(28)22(21-13-11-20(2)12-14-21)23(25(27)29)26(16-18-30-3)17-19-31-4/h11-14H,5-10,15-19H2,1-4H3. The van der Waals surface area contributed by atoms with Gasteiger partial charge in [0.25, 0.3) is 11.8 Å². The number of carbonyl (C=O) groups excluding carboxylic acids is 2. The second-order valence-electron chi connectivity index (χ2n) is 8.09. The summed E-state index contributed by atoms with van der Waals surface area (Å²) in [6.45, 7) is 6.64. The van der Waals surface area contributed by atoms with Crippen LogP contribution in [0.2, 0.25) is 0 Å². The third-order valence-electron chi connectivity index (χ3n) is 5.67. The number of benzene rings is 1. The maximum Gasteiger partial charge on any atom is 0.277 e. The molecule has 1 aliphatic heterocycles. The Hall–Kier alpha value is -2.18. The van der Waals surface area contributed by atoms with Crippen molar-refractivity contribution in [1.29, 1.82) is 0 Å². The van der Waals surface area contributed by atoms with Crippen LogP contribution >= 0.6 is 0 Å². The minimum atomic E-state index is -0.207. The van der Waals surface area contributed by atoms with Crippen molar-refractivity contribution in [3.8, 4) is 0 Å². The highest BCUT2D eigenvalue weighted by molar-refractivity contribution is 6.35. The number of unbranched alkanes of at least 4 members (excludes halogenated alkanes) is 5. The van der Waals surface area contributed by atoms with Gasteiger partial charge in [-0.15, -0.1) is 0 Å². The number of carbonyl (C=O) groups is 2. The van der Waals surface area contributed by atoms with Gasteiger partial charge in [-0.2, -0.15) is 0 Å². The smallest absolute Gasteiger partial charge is 0.277 e. The van der Waals surface area contributed by atoms with Crippen LogP contribution in [0.1, 0.15) is 56.6 Å². The SMILES string of the molecule is CCCCCCCCN1C(=O)C(c2ccc(C)cc2)=C(N(CCOC)CCOC)C1=O. The molecule has 0 radical (unpaired) electrons. The van der Waals surface area contributed by atoms with E-state index in [4.69, 9.17) is 9.47 Å². The van der Waals surface area contributed by atoms with Crippen LogP contribution in [0.15, 0.2) is 30.0 Å². The van der Waals surface area contributed by atoms with E-state index in [-0.39, 0.29) is 11.8 Å². The number of nitrogens with zero attached hydrogens (tertiary/aromatic N) is 2. The quantitative estimate of drug-likeness (QED) is 0.311. The van der Waals surface area contributed by atoms with Gasteiger partial charge in [0.15, 0.2) is 0 Å². The van der Waals surface area contributed by atoms with E-state index < -0.39 is 0 Å². The summed E-state index contributed by atoms with van der Waals surface area (Å²) in [6, 6.07) is 7.80. The highest BCUT2D eigenvalue weighted by atomic mass is 16.5. The average Bonchev–Trinajstić information content (AvgIpc) is 3.01. The highest BCUT2D eigenvalue weighted by Gasteiger charge is 2.41. The molecule has 2 rings (SSSR count). The summed E-state index contributed by atoms with van der Waals surface area (Å²) in [7, 11) is 3.27. The fraction of sp³-hybridized carbons (Fsp3) is 0.600. The van der Waals surface area contributed by atoms with Gasteiger partial charge in [-0.3, -0.25) is 14.5 Å². The minimum Gasteiger partial charge on any atom is -0.383 e. The first kappa shape index (κ1) is 25.1. The van der Waals surface area contributed by atoms with Gasteiger partial charge in [0.05, 0.1) is 18.8 Å². The molecule has 31 heavy (non-hydrogen) atoms. The molecule has 1 aliphatic rings. The largest absolute Gasteiger partial charge is 0.383 e. The molecule has 0 saturated carbocycles. The number of amides is 2. The molecule has 0 atom stereocenters. The van der Waals surface area contributed by atoms with Crippen LogP contribution in [-0.2, 0) is 19.1 Å². The molecule has 6 nitrogen and oxygen atoms in total. The Morgan fingerprint density at radius 1 is 0.839 bits per heavy atom. The van der Waals surface area contributed by atoms with E-state index in [0.717, 1.165) is 30.4 Å². The number of imide groups is 1. The van der Waals surface area contributed by atoms with E-state index in [1.807, 2.05) is 36.1 Å². The molecular formula is C25H38N2O4. The van der Waals surface area contributed by atoms with E-state index in [9.17, 15) is 9.59 Å². The van der Waals surface area contributed by atoms with Crippen LogP contribution in [-0.4, -0.2) is 68.7 Å². The maximum atomic E-state index is 13.4. The number of aryl methyl sites for hydroxylation is 1. The summed E-state index contributed by atoms with van der Waals surface area (Å²) < 4.78 is 10.5. The zero-order valence-corrected chi connectivity index (χ0v) is 19.6. The van der Waals surface area contributed by atoms with Crippen LogP contribution in [0.3, 0.4) is 0 Å². The second-order valence-corrected chi connectivity index (χ2v) is 8.09. The molecule has 6 heteroatoms. The maximum absolute atomic E-state index is 13.4. The van der Waals surface area contributed by atoms with Gasteiger partial charge >= 0.3 is 0 Å². The highest BCUT2D eigenvalue weighted by Crippen LogP contribution is 2.32. The first-order chi connectivity index (χ1) is 15.0. The minimum absolute atomic E-state index is 0.197. The van der Waals surface area contributed by atoms with Crippen molar-refractivity contribution >= 4 is 17.4 Å². The Kier molecular flexibility index (Phi) is 10.7. The third kappa shape index (κ3) is 6.91. The Balaban J connectivity index is 2.28. The molecule has 0 aromatic heterocycles. The van der Waals surface area contributed by atoms with E-state index >= 15 is 0 Å². The molecule has 172 valence electrons. The van der Waals surface area contributed by atoms with Crippen molar-refractivity contribution in [2.75, 3.05) is 47.1 Å². The first-order valence-electron chi connectivity index (χ1n) is 11.5. The molecular weight excluding hydrogens is 392 g/mol. The molecule has 1 aromatic carbocycles. The lowest BCUT2D eigenvalue weighted by molar-refractivity contribution is -0.137. The van der Waals surface area contributed by atoms with Crippen LogP contribution in [0.4, 0.5) is 0 Å². The average molecular weight is 431 g/mol. The Morgan fingerprint density at radius 2 is 1.42 bits per heavy atom. The van der Waals surface area contributed by atoms with Gasteiger partial charge < -0.3 is 14.4 Å². The molecule has 0 bridgehead atoms. The summed E-state index contributed by atoms with van der Waals surface area (Å²) in [5, 5.41) is 0. The van der Waals surface area contributed by atoms with Crippen LogP contribution in [0.5, 0.6) is 0 Å². The van der Waals surface area contributed by atoms with Gasteiger partial charge in [0, 0.05) is 33.9 Å². The molecule has 2 amide bonds. The Bertz CT molecular complexity index is 734. The molecule has 0 fully saturated rings. The van der Waals surface area contributed by atoms with Crippen LogP contribution in [0, 0.1) is 6.92 Å².